The van der Waals surface area contributed by atoms with E-state index in [9.17, 15) is 4.79 Å². The maximum atomic E-state index is 11.7. The summed E-state index contributed by atoms with van der Waals surface area (Å²) in [5.74, 6) is 0.271. The van der Waals surface area contributed by atoms with Crippen LogP contribution in [0.4, 0.5) is 0 Å². The van der Waals surface area contributed by atoms with Gasteiger partial charge >= 0.3 is 0 Å². The van der Waals surface area contributed by atoms with Gasteiger partial charge in [-0.1, -0.05) is 36.4 Å². The highest BCUT2D eigenvalue weighted by molar-refractivity contribution is 6.25. The van der Waals surface area contributed by atoms with Crippen molar-refractivity contribution in [3.8, 4) is 0 Å². The number of rotatable bonds is 0. The zero-order chi connectivity index (χ0) is 9.54. The third kappa shape index (κ3) is 0.925. The lowest BCUT2D eigenvalue weighted by Crippen LogP contribution is -2.03. The minimum atomic E-state index is 0.271. The molecule has 2 aliphatic rings. The molecule has 0 fully saturated rings. The lowest BCUT2D eigenvalue weighted by atomic mass is 9.96. The molecule has 1 nitrogen and oxygen atoms in total. The summed E-state index contributed by atoms with van der Waals surface area (Å²) >= 11 is 0. The lowest BCUT2D eigenvalue weighted by molar-refractivity contribution is -0.113. The molecule has 1 aromatic carbocycles. The Morgan fingerprint density at radius 1 is 1.14 bits per heavy atom. The molecule has 1 aromatic rings. The SMILES string of the molecule is O=C1CC=CC2=C1c1ccccc1C2. The van der Waals surface area contributed by atoms with E-state index in [4.69, 9.17) is 0 Å². The average Bonchev–Trinajstić information content (AvgIpc) is 2.57. The van der Waals surface area contributed by atoms with Crippen molar-refractivity contribution in [1.82, 2.24) is 0 Å². The summed E-state index contributed by atoms with van der Waals surface area (Å²) in [6, 6.07) is 8.19. The molecular weight excluding hydrogens is 172 g/mol. The number of benzene rings is 1. The van der Waals surface area contributed by atoms with E-state index in [2.05, 4.69) is 18.2 Å². The Labute approximate surface area is 82.8 Å². The van der Waals surface area contributed by atoms with Crippen LogP contribution in [0.15, 0.2) is 42.0 Å². The summed E-state index contributed by atoms with van der Waals surface area (Å²) in [4.78, 5) is 11.7. The molecule has 14 heavy (non-hydrogen) atoms. The summed E-state index contributed by atoms with van der Waals surface area (Å²) in [6.45, 7) is 0. The number of fused-ring (bicyclic) bond motifs is 2. The van der Waals surface area contributed by atoms with Crippen molar-refractivity contribution >= 4 is 11.4 Å². The van der Waals surface area contributed by atoms with Crippen molar-refractivity contribution in [3.63, 3.8) is 0 Å². The first kappa shape index (κ1) is 7.74. The normalized spacial score (nSPS) is 18.4. The zero-order valence-corrected chi connectivity index (χ0v) is 7.79. The van der Waals surface area contributed by atoms with Gasteiger partial charge in [-0.3, -0.25) is 4.79 Å². The quantitative estimate of drug-likeness (QED) is 0.602. The standard InChI is InChI=1S/C13H10O/c14-12-7-3-5-10-8-9-4-1-2-6-11(9)13(10)12/h1-6H,7-8H2. The lowest BCUT2D eigenvalue weighted by Gasteiger charge is -2.07. The molecule has 0 bridgehead atoms. The van der Waals surface area contributed by atoms with Gasteiger partial charge in [0.25, 0.3) is 0 Å². The summed E-state index contributed by atoms with van der Waals surface area (Å²) in [7, 11) is 0. The molecule has 2 aliphatic carbocycles. The van der Waals surface area contributed by atoms with E-state index in [1.54, 1.807) is 0 Å². The van der Waals surface area contributed by atoms with E-state index < -0.39 is 0 Å². The molecule has 0 saturated carbocycles. The van der Waals surface area contributed by atoms with Crippen LogP contribution >= 0.6 is 0 Å². The summed E-state index contributed by atoms with van der Waals surface area (Å²) in [5, 5.41) is 0. The molecule has 3 rings (SSSR count). The smallest absolute Gasteiger partial charge is 0.167 e. The fourth-order valence-electron chi connectivity index (χ4n) is 2.27. The molecule has 0 N–H and O–H groups in total. The molecule has 68 valence electrons. The summed E-state index contributed by atoms with van der Waals surface area (Å²) in [5.41, 5.74) is 4.60. The van der Waals surface area contributed by atoms with E-state index in [0.717, 1.165) is 17.6 Å². The van der Waals surface area contributed by atoms with Crippen LogP contribution in [-0.2, 0) is 11.2 Å². The second kappa shape index (κ2) is 2.68. The number of hydrogen-bond donors (Lipinski definition) is 0. The first-order valence-electron chi connectivity index (χ1n) is 4.87. The van der Waals surface area contributed by atoms with Crippen LogP contribution in [0.1, 0.15) is 17.5 Å². The van der Waals surface area contributed by atoms with Crippen LogP contribution in [0.25, 0.3) is 5.57 Å². The Balaban J connectivity index is 2.24. The highest BCUT2D eigenvalue weighted by atomic mass is 16.1. The van der Waals surface area contributed by atoms with Crippen LogP contribution < -0.4 is 0 Å². The first-order valence-corrected chi connectivity index (χ1v) is 4.87. The minimum absolute atomic E-state index is 0.271. The Bertz CT molecular complexity index is 478. The van der Waals surface area contributed by atoms with Gasteiger partial charge in [-0.2, -0.15) is 0 Å². The molecule has 0 heterocycles. The molecule has 0 unspecified atom stereocenters. The Morgan fingerprint density at radius 3 is 2.93 bits per heavy atom. The highest BCUT2D eigenvalue weighted by Gasteiger charge is 2.25. The molecule has 0 saturated heterocycles. The van der Waals surface area contributed by atoms with E-state index in [1.807, 2.05) is 18.2 Å². The minimum Gasteiger partial charge on any atom is -0.294 e. The zero-order valence-electron chi connectivity index (χ0n) is 7.79. The molecule has 0 aliphatic heterocycles. The van der Waals surface area contributed by atoms with Gasteiger partial charge in [-0.15, -0.1) is 0 Å². The van der Waals surface area contributed by atoms with Gasteiger partial charge in [0, 0.05) is 12.0 Å². The molecule has 0 spiro atoms. The second-order valence-corrected chi connectivity index (χ2v) is 3.76. The average molecular weight is 182 g/mol. The number of allylic oxidation sites excluding steroid dienone is 4. The molecule has 0 amide bonds. The maximum absolute atomic E-state index is 11.7. The third-order valence-electron chi connectivity index (χ3n) is 2.89. The van der Waals surface area contributed by atoms with Gasteiger partial charge < -0.3 is 0 Å². The van der Waals surface area contributed by atoms with Gasteiger partial charge in [0.15, 0.2) is 5.78 Å². The number of carbonyl (C=O) groups excluding carboxylic acids is 1. The second-order valence-electron chi connectivity index (χ2n) is 3.76. The van der Waals surface area contributed by atoms with Crippen molar-refractivity contribution < 1.29 is 4.79 Å². The van der Waals surface area contributed by atoms with Crippen LogP contribution in [-0.4, -0.2) is 5.78 Å². The monoisotopic (exact) mass is 182 g/mol. The fourth-order valence-corrected chi connectivity index (χ4v) is 2.27. The van der Waals surface area contributed by atoms with Crippen molar-refractivity contribution in [3.05, 3.63) is 53.1 Å². The Hall–Kier alpha value is -1.63. The van der Waals surface area contributed by atoms with Crippen LogP contribution in [0.5, 0.6) is 0 Å². The molecule has 0 radical (unpaired) electrons. The molecule has 0 aromatic heterocycles. The number of carbonyl (C=O) groups is 1. The topological polar surface area (TPSA) is 17.1 Å². The Morgan fingerprint density at radius 2 is 2.00 bits per heavy atom. The number of Topliss-reactive ketones (excluding diaryl/α,β-unsaturated/α-hetero) is 1. The van der Waals surface area contributed by atoms with Gasteiger partial charge in [-0.05, 0) is 23.1 Å². The van der Waals surface area contributed by atoms with Crippen molar-refractivity contribution in [1.29, 1.82) is 0 Å². The van der Waals surface area contributed by atoms with Crippen LogP contribution in [0.3, 0.4) is 0 Å². The molecular formula is C13H10O. The Kier molecular flexibility index (Phi) is 1.48. The van der Waals surface area contributed by atoms with E-state index in [1.165, 1.54) is 11.1 Å². The van der Waals surface area contributed by atoms with Crippen molar-refractivity contribution in [2.24, 2.45) is 0 Å². The molecule has 1 heteroatoms. The van der Waals surface area contributed by atoms with Gasteiger partial charge in [0.1, 0.15) is 0 Å². The third-order valence-corrected chi connectivity index (χ3v) is 2.89. The largest absolute Gasteiger partial charge is 0.294 e. The highest BCUT2D eigenvalue weighted by Crippen LogP contribution is 2.36. The van der Waals surface area contributed by atoms with E-state index in [-0.39, 0.29) is 5.78 Å². The van der Waals surface area contributed by atoms with Gasteiger partial charge in [-0.25, -0.2) is 0 Å². The van der Waals surface area contributed by atoms with Crippen LogP contribution in [0.2, 0.25) is 0 Å². The fraction of sp³-hybridized carbons (Fsp3) is 0.154. The predicted molar refractivity (Wildman–Crippen MR) is 55.8 cm³/mol. The number of ketones is 1. The van der Waals surface area contributed by atoms with Gasteiger partial charge in [0.2, 0.25) is 0 Å². The summed E-state index contributed by atoms with van der Waals surface area (Å²) < 4.78 is 0. The van der Waals surface area contributed by atoms with Gasteiger partial charge in [0.05, 0.1) is 0 Å². The molecule has 0 atom stereocenters. The van der Waals surface area contributed by atoms with E-state index in [0.29, 0.717) is 6.42 Å². The summed E-state index contributed by atoms with van der Waals surface area (Å²) in [6.07, 6.45) is 5.55. The predicted octanol–water partition coefficient (Wildman–Crippen LogP) is 2.53. The van der Waals surface area contributed by atoms with Crippen LogP contribution in [0, 0.1) is 0 Å². The maximum Gasteiger partial charge on any atom is 0.167 e. The van der Waals surface area contributed by atoms with Crippen molar-refractivity contribution in [2.75, 3.05) is 0 Å². The van der Waals surface area contributed by atoms with Crippen molar-refractivity contribution in [2.45, 2.75) is 12.8 Å². The first-order chi connectivity index (χ1) is 6.86. The number of hydrogen-bond acceptors (Lipinski definition) is 1. The van der Waals surface area contributed by atoms with E-state index >= 15 is 0 Å².